The summed E-state index contributed by atoms with van der Waals surface area (Å²) >= 11 is 0. The van der Waals surface area contributed by atoms with E-state index in [2.05, 4.69) is 15.8 Å². The van der Waals surface area contributed by atoms with Gasteiger partial charge in [0.2, 0.25) is 10.0 Å². The number of imidazole rings is 1. The van der Waals surface area contributed by atoms with Gasteiger partial charge in [0.15, 0.2) is 0 Å². The third-order valence-corrected chi connectivity index (χ3v) is 4.48. The number of aryl methyl sites for hydroxylation is 1. The minimum Gasteiger partial charge on any atom is -0.340 e. The molecule has 0 saturated heterocycles. The molecule has 1 aromatic heterocycles. The highest BCUT2D eigenvalue weighted by Gasteiger charge is 2.25. The van der Waals surface area contributed by atoms with Crippen LogP contribution in [0.25, 0.3) is 0 Å². The van der Waals surface area contributed by atoms with Crippen LogP contribution in [0.1, 0.15) is 35.6 Å². The number of anilines is 1. The van der Waals surface area contributed by atoms with Crippen molar-refractivity contribution >= 4 is 28.1 Å². The van der Waals surface area contributed by atoms with Crippen LogP contribution < -0.4 is 4.72 Å². The molecule has 7 heteroatoms. The molecule has 22 heavy (non-hydrogen) atoms. The number of nitrogens with one attached hydrogen (secondary N) is 1. The lowest BCUT2D eigenvalue weighted by Gasteiger charge is -2.26. The molecule has 3 rings (SSSR count). The van der Waals surface area contributed by atoms with E-state index in [4.69, 9.17) is 0 Å². The van der Waals surface area contributed by atoms with E-state index in [1.807, 2.05) is 36.3 Å². The summed E-state index contributed by atoms with van der Waals surface area (Å²) in [6.45, 7) is 0. The number of fused-ring (bicyclic) bond motifs is 1. The number of aromatic nitrogens is 2. The average molecular weight is 342 g/mol. The van der Waals surface area contributed by atoms with Crippen LogP contribution in [-0.2, 0) is 23.5 Å². The summed E-state index contributed by atoms with van der Waals surface area (Å²) in [5, 5.41) is 0. The molecule has 1 aliphatic carbocycles. The fourth-order valence-electron chi connectivity index (χ4n) is 3.06. The zero-order valence-electron chi connectivity index (χ0n) is 12.6. The largest absolute Gasteiger partial charge is 0.340 e. The quantitative estimate of drug-likeness (QED) is 0.933. The molecule has 2 aromatic rings. The third kappa shape index (κ3) is 3.44. The summed E-state index contributed by atoms with van der Waals surface area (Å²) in [6, 6.07) is 5.83. The topological polar surface area (TPSA) is 64.0 Å². The number of nitrogens with zero attached hydrogens (tertiary/aromatic N) is 2. The summed E-state index contributed by atoms with van der Waals surface area (Å²) in [6.07, 6.45) is 8.02. The van der Waals surface area contributed by atoms with Crippen molar-refractivity contribution in [3.63, 3.8) is 0 Å². The maximum atomic E-state index is 11.5. The van der Waals surface area contributed by atoms with E-state index in [1.165, 1.54) is 11.8 Å². The van der Waals surface area contributed by atoms with Crippen LogP contribution in [0.15, 0.2) is 30.7 Å². The first-order chi connectivity index (χ1) is 9.94. The predicted molar refractivity (Wildman–Crippen MR) is 90.1 cm³/mol. The van der Waals surface area contributed by atoms with Crippen molar-refractivity contribution in [2.75, 3.05) is 11.0 Å². The second-order valence-electron chi connectivity index (χ2n) is 5.66. The molecule has 0 spiro atoms. The van der Waals surface area contributed by atoms with Gasteiger partial charge in [0.05, 0.1) is 24.0 Å². The molecule has 1 unspecified atom stereocenters. The molecule has 0 bridgehead atoms. The average Bonchev–Trinajstić information content (AvgIpc) is 2.83. The molecule has 1 aliphatic rings. The molecule has 0 fully saturated rings. The Morgan fingerprint density at radius 1 is 1.36 bits per heavy atom. The minimum absolute atomic E-state index is 0. The Labute approximate surface area is 137 Å². The lowest BCUT2D eigenvalue weighted by molar-refractivity contribution is 0.602. The van der Waals surface area contributed by atoms with E-state index < -0.39 is 10.0 Å². The molecule has 120 valence electrons. The van der Waals surface area contributed by atoms with Crippen LogP contribution in [0.2, 0.25) is 0 Å². The van der Waals surface area contributed by atoms with Gasteiger partial charge < -0.3 is 4.57 Å². The number of benzene rings is 1. The van der Waals surface area contributed by atoms with Crippen molar-refractivity contribution in [1.82, 2.24) is 9.55 Å². The Hall–Kier alpha value is -1.53. The first-order valence-corrected chi connectivity index (χ1v) is 8.90. The van der Waals surface area contributed by atoms with Crippen molar-refractivity contribution < 1.29 is 8.42 Å². The van der Waals surface area contributed by atoms with Gasteiger partial charge in [-0.25, -0.2) is 13.4 Å². The molecule has 0 aliphatic heterocycles. The van der Waals surface area contributed by atoms with Crippen LogP contribution in [0.3, 0.4) is 0 Å². The summed E-state index contributed by atoms with van der Waals surface area (Å²) in [7, 11) is -1.30. The molecule has 0 amide bonds. The van der Waals surface area contributed by atoms with Crippen molar-refractivity contribution in [2.45, 2.75) is 25.2 Å². The van der Waals surface area contributed by atoms with Crippen molar-refractivity contribution in [2.24, 2.45) is 7.05 Å². The zero-order valence-corrected chi connectivity index (χ0v) is 14.2. The van der Waals surface area contributed by atoms with E-state index >= 15 is 0 Å². The fraction of sp³-hybridized carbons (Fsp3) is 0.400. The van der Waals surface area contributed by atoms with Crippen LogP contribution in [0.5, 0.6) is 0 Å². The maximum Gasteiger partial charge on any atom is 0.229 e. The molecule has 1 N–H and O–H groups in total. The highest BCUT2D eigenvalue weighted by atomic mass is 35.5. The lowest BCUT2D eigenvalue weighted by atomic mass is 9.80. The van der Waals surface area contributed by atoms with Gasteiger partial charge in [-0.15, -0.1) is 12.4 Å². The molecule has 0 radical (unpaired) electrons. The number of halogens is 1. The van der Waals surface area contributed by atoms with E-state index in [0.29, 0.717) is 5.69 Å². The van der Waals surface area contributed by atoms with Gasteiger partial charge in [-0.05, 0) is 36.5 Å². The molecule has 5 nitrogen and oxygen atoms in total. The minimum atomic E-state index is -3.26. The van der Waals surface area contributed by atoms with Gasteiger partial charge in [-0.3, -0.25) is 4.72 Å². The van der Waals surface area contributed by atoms with Crippen LogP contribution in [-0.4, -0.2) is 24.2 Å². The SMILES string of the molecule is Cl.Cn1cnc(C2CCCc3c(NS(C)(=O)=O)cccc32)c1. The molecule has 1 aromatic carbocycles. The van der Waals surface area contributed by atoms with Crippen molar-refractivity contribution in [3.8, 4) is 0 Å². The monoisotopic (exact) mass is 341 g/mol. The van der Waals surface area contributed by atoms with E-state index in [9.17, 15) is 8.42 Å². The van der Waals surface area contributed by atoms with Gasteiger partial charge in [-0.1, -0.05) is 12.1 Å². The van der Waals surface area contributed by atoms with Gasteiger partial charge in [0.25, 0.3) is 0 Å². The molecule has 1 atom stereocenters. The third-order valence-electron chi connectivity index (χ3n) is 3.88. The number of sulfonamides is 1. The Bertz CT molecular complexity index is 771. The zero-order chi connectivity index (χ0) is 15.0. The number of hydrogen-bond donors (Lipinski definition) is 1. The lowest BCUT2D eigenvalue weighted by Crippen LogP contribution is -2.16. The summed E-state index contributed by atoms with van der Waals surface area (Å²) in [5.74, 6) is 0.247. The predicted octanol–water partition coefficient (Wildman–Crippen LogP) is 2.68. The van der Waals surface area contributed by atoms with Gasteiger partial charge in [-0.2, -0.15) is 0 Å². The van der Waals surface area contributed by atoms with Gasteiger partial charge in [0, 0.05) is 19.2 Å². The summed E-state index contributed by atoms with van der Waals surface area (Å²) < 4.78 is 27.6. The highest BCUT2D eigenvalue weighted by Crippen LogP contribution is 2.39. The Kier molecular flexibility index (Phi) is 4.82. The molecule has 1 heterocycles. The molecular weight excluding hydrogens is 322 g/mol. The maximum absolute atomic E-state index is 11.5. The normalized spacial score (nSPS) is 17.5. The van der Waals surface area contributed by atoms with Gasteiger partial charge >= 0.3 is 0 Å². The second-order valence-corrected chi connectivity index (χ2v) is 7.40. The number of hydrogen-bond acceptors (Lipinski definition) is 3. The van der Waals surface area contributed by atoms with E-state index in [-0.39, 0.29) is 18.3 Å². The summed E-state index contributed by atoms with van der Waals surface area (Å²) in [5.41, 5.74) is 4.05. The molecular formula is C15H20ClN3O2S. The Balaban J connectivity index is 0.00000176. The smallest absolute Gasteiger partial charge is 0.229 e. The van der Waals surface area contributed by atoms with Crippen molar-refractivity contribution in [1.29, 1.82) is 0 Å². The first-order valence-electron chi connectivity index (χ1n) is 7.01. The molecule has 0 saturated carbocycles. The Morgan fingerprint density at radius 3 is 2.77 bits per heavy atom. The van der Waals surface area contributed by atoms with E-state index in [1.54, 1.807) is 0 Å². The first kappa shape index (κ1) is 16.8. The van der Waals surface area contributed by atoms with Gasteiger partial charge in [0.1, 0.15) is 0 Å². The van der Waals surface area contributed by atoms with Crippen LogP contribution >= 0.6 is 12.4 Å². The Morgan fingerprint density at radius 2 is 2.14 bits per heavy atom. The second kappa shape index (κ2) is 6.30. The summed E-state index contributed by atoms with van der Waals surface area (Å²) in [4.78, 5) is 4.47. The van der Waals surface area contributed by atoms with Crippen LogP contribution in [0.4, 0.5) is 5.69 Å². The van der Waals surface area contributed by atoms with E-state index in [0.717, 1.165) is 30.5 Å². The van der Waals surface area contributed by atoms with Crippen molar-refractivity contribution in [3.05, 3.63) is 47.5 Å². The fourth-order valence-corrected chi connectivity index (χ4v) is 3.65. The number of rotatable bonds is 3. The highest BCUT2D eigenvalue weighted by molar-refractivity contribution is 7.92. The van der Waals surface area contributed by atoms with Crippen LogP contribution in [0, 0.1) is 0 Å². The standard InChI is InChI=1S/C15H19N3O2S.ClH/c1-18-9-15(16-10-18)13-7-3-6-12-11(13)5-4-8-14(12)17-21(2,19)20;/h4-5,8-10,13,17H,3,6-7H2,1-2H3;1H.